The SMILES string of the molecule is O=C1/C(=C\c2ccc(Cl)cc2)CN(Cc2ccccc2)C/C1=C/c1ccc(Cl)cc1. The number of carbonyl (C=O) groups excluding carboxylic acids is 1. The highest BCUT2D eigenvalue weighted by Crippen LogP contribution is 2.24. The molecular formula is C26H21Cl2NO. The molecule has 2 nitrogen and oxygen atoms in total. The van der Waals surface area contributed by atoms with Gasteiger partial charge in [-0.25, -0.2) is 0 Å². The van der Waals surface area contributed by atoms with Gasteiger partial charge in [0.2, 0.25) is 0 Å². The number of halogens is 2. The number of Topliss-reactive ketones (excluding diaryl/α,β-unsaturated/α-hetero) is 1. The molecule has 0 unspecified atom stereocenters. The fourth-order valence-corrected chi connectivity index (χ4v) is 3.84. The summed E-state index contributed by atoms with van der Waals surface area (Å²) in [6.07, 6.45) is 3.93. The third-order valence-electron chi connectivity index (χ3n) is 5.04. The molecule has 1 aliphatic rings. The minimum Gasteiger partial charge on any atom is -0.290 e. The fraction of sp³-hybridized carbons (Fsp3) is 0.115. The predicted octanol–water partition coefficient (Wildman–Crippen LogP) is 6.55. The fourth-order valence-electron chi connectivity index (χ4n) is 3.58. The van der Waals surface area contributed by atoms with E-state index in [4.69, 9.17) is 23.2 Å². The van der Waals surface area contributed by atoms with E-state index in [0.717, 1.165) is 28.8 Å². The third kappa shape index (κ3) is 5.28. The Bertz CT molecular complexity index is 1020. The zero-order chi connectivity index (χ0) is 20.9. The Balaban J connectivity index is 1.67. The Kier molecular flexibility index (Phi) is 6.49. The molecule has 0 amide bonds. The number of hydrogen-bond donors (Lipinski definition) is 0. The van der Waals surface area contributed by atoms with Crippen molar-refractivity contribution in [3.05, 3.63) is 117 Å². The van der Waals surface area contributed by atoms with Gasteiger partial charge in [-0.1, -0.05) is 77.8 Å². The maximum atomic E-state index is 13.3. The third-order valence-corrected chi connectivity index (χ3v) is 5.55. The Morgan fingerprint density at radius 3 is 1.63 bits per heavy atom. The smallest absolute Gasteiger partial charge is 0.187 e. The van der Waals surface area contributed by atoms with E-state index < -0.39 is 0 Å². The summed E-state index contributed by atoms with van der Waals surface area (Å²) >= 11 is 12.0. The number of hydrogen-bond acceptors (Lipinski definition) is 2. The summed E-state index contributed by atoms with van der Waals surface area (Å²) in [5.41, 5.74) is 4.72. The zero-order valence-electron chi connectivity index (χ0n) is 16.4. The largest absolute Gasteiger partial charge is 0.290 e. The van der Waals surface area contributed by atoms with Gasteiger partial charge >= 0.3 is 0 Å². The van der Waals surface area contributed by atoms with Crippen LogP contribution in [0.1, 0.15) is 16.7 Å². The molecule has 0 atom stereocenters. The van der Waals surface area contributed by atoms with Crippen molar-refractivity contribution in [1.29, 1.82) is 0 Å². The summed E-state index contributed by atoms with van der Waals surface area (Å²) in [6.45, 7) is 1.99. The maximum absolute atomic E-state index is 13.3. The molecule has 1 fully saturated rings. The van der Waals surface area contributed by atoms with Crippen molar-refractivity contribution in [3.8, 4) is 0 Å². The molecule has 4 heteroatoms. The number of likely N-dealkylation sites (tertiary alicyclic amines) is 1. The molecule has 3 aromatic rings. The monoisotopic (exact) mass is 433 g/mol. The van der Waals surface area contributed by atoms with Gasteiger partial charge in [-0.3, -0.25) is 9.69 Å². The molecule has 0 N–H and O–H groups in total. The Hall–Kier alpha value is -2.65. The topological polar surface area (TPSA) is 20.3 Å². The number of benzene rings is 3. The van der Waals surface area contributed by atoms with Crippen LogP contribution in [0, 0.1) is 0 Å². The molecule has 1 aliphatic heterocycles. The molecule has 0 saturated carbocycles. The molecule has 4 rings (SSSR count). The van der Waals surface area contributed by atoms with E-state index in [1.54, 1.807) is 0 Å². The zero-order valence-corrected chi connectivity index (χ0v) is 17.9. The molecule has 0 radical (unpaired) electrons. The molecule has 0 aliphatic carbocycles. The van der Waals surface area contributed by atoms with Crippen LogP contribution in [0.3, 0.4) is 0 Å². The second-order valence-corrected chi connectivity index (χ2v) is 8.28. The van der Waals surface area contributed by atoms with Gasteiger partial charge in [-0.05, 0) is 53.1 Å². The molecule has 30 heavy (non-hydrogen) atoms. The summed E-state index contributed by atoms with van der Waals surface area (Å²) in [5, 5.41) is 1.36. The van der Waals surface area contributed by atoms with Gasteiger partial charge in [-0.2, -0.15) is 0 Å². The molecule has 3 aromatic carbocycles. The van der Waals surface area contributed by atoms with E-state index >= 15 is 0 Å². The van der Waals surface area contributed by atoms with Gasteiger partial charge in [0.1, 0.15) is 0 Å². The van der Waals surface area contributed by atoms with Crippen molar-refractivity contribution in [2.24, 2.45) is 0 Å². The Labute approximate surface area is 187 Å². The average Bonchev–Trinajstić information content (AvgIpc) is 2.75. The van der Waals surface area contributed by atoms with Crippen LogP contribution in [0.25, 0.3) is 12.2 Å². The standard InChI is InChI=1S/C26H21Cl2NO/c27-24-10-6-19(7-11-24)14-22-17-29(16-21-4-2-1-3-5-21)18-23(26(22)30)15-20-8-12-25(28)13-9-20/h1-15H,16-18H2/b22-14-,23-15-. The van der Waals surface area contributed by atoms with Crippen LogP contribution >= 0.6 is 23.2 Å². The first kappa shape index (κ1) is 20.6. The van der Waals surface area contributed by atoms with E-state index in [1.165, 1.54) is 5.56 Å². The minimum atomic E-state index is 0.0872. The molecule has 1 heterocycles. The summed E-state index contributed by atoms with van der Waals surface area (Å²) in [4.78, 5) is 15.5. The van der Waals surface area contributed by atoms with Crippen molar-refractivity contribution >= 4 is 41.1 Å². The van der Waals surface area contributed by atoms with E-state index in [0.29, 0.717) is 23.1 Å². The highest BCUT2D eigenvalue weighted by molar-refractivity contribution is 6.30. The molecule has 0 aromatic heterocycles. The van der Waals surface area contributed by atoms with Crippen molar-refractivity contribution in [2.75, 3.05) is 13.1 Å². The van der Waals surface area contributed by atoms with Gasteiger partial charge in [-0.15, -0.1) is 0 Å². The van der Waals surface area contributed by atoms with Gasteiger partial charge in [0.15, 0.2) is 5.78 Å². The quantitative estimate of drug-likeness (QED) is 0.435. The Morgan fingerprint density at radius 2 is 1.17 bits per heavy atom. The van der Waals surface area contributed by atoms with E-state index in [1.807, 2.05) is 78.9 Å². The lowest BCUT2D eigenvalue weighted by molar-refractivity contribution is -0.113. The summed E-state index contributed by atoms with van der Waals surface area (Å²) in [5.74, 6) is 0.0872. The Morgan fingerprint density at radius 1 is 0.700 bits per heavy atom. The van der Waals surface area contributed by atoms with Crippen LogP contribution in [0.15, 0.2) is 90.0 Å². The number of piperidine rings is 1. The lowest BCUT2D eigenvalue weighted by atomic mass is 9.94. The van der Waals surface area contributed by atoms with Crippen LogP contribution < -0.4 is 0 Å². The highest BCUT2D eigenvalue weighted by Gasteiger charge is 2.26. The number of carbonyl (C=O) groups is 1. The molecule has 150 valence electrons. The van der Waals surface area contributed by atoms with Crippen molar-refractivity contribution in [2.45, 2.75) is 6.54 Å². The minimum absolute atomic E-state index is 0.0872. The normalized spacial score (nSPS) is 17.6. The van der Waals surface area contributed by atoms with Gasteiger partial charge in [0, 0.05) is 40.8 Å². The van der Waals surface area contributed by atoms with Gasteiger partial charge in [0.05, 0.1) is 0 Å². The van der Waals surface area contributed by atoms with E-state index in [-0.39, 0.29) is 5.78 Å². The lowest BCUT2D eigenvalue weighted by Gasteiger charge is -2.30. The highest BCUT2D eigenvalue weighted by atomic mass is 35.5. The first-order valence-corrected chi connectivity index (χ1v) is 10.6. The first-order chi connectivity index (χ1) is 14.6. The van der Waals surface area contributed by atoms with E-state index in [9.17, 15) is 4.79 Å². The molecule has 0 bridgehead atoms. The number of ketones is 1. The number of nitrogens with zero attached hydrogens (tertiary/aromatic N) is 1. The van der Waals surface area contributed by atoms with Gasteiger partial charge in [0.25, 0.3) is 0 Å². The van der Waals surface area contributed by atoms with Crippen molar-refractivity contribution < 1.29 is 4.79 Å². The second kappa shape index (κ2) is 9.44. The van der Waals surface area contributed by atoms with Crippen LogP contribution in [0.2, 0.25) is 10.0 Å². The molecule has 1 saturated heterocycles. The van der Waals surface area contributed by atoms with Crippen LogP contribution in [0.5, 0.6) is 0 Å². The van der Waals surface area contributed by atoms with Crippen LogP contribution in [0.4, 0.5) is 0 Å². The predicted molar refractivity (Wildman–Crippen MR) is 126 cm³/mol. The average molecular weight is 434 g/mol. The maximum Gasteiger partial charge on any atom is 0.187 e. The molecular weight excluding hydrogens is 413 g/mol. The summed E-state index contributed by atoms with van der Waals surface area (Å²) in [7, 11) is 0. The first-order valence-electron chi connectivity index (χ1n) is 9.80. The van der Waals surface area contributed by atoms with Crippen LogP contribution in [-0.4, -0.2) is 23.8 Å². The number of rotatable bonds is 4. The van der Waals surface area contributed by atoms with Crippen molar-refractivity contribution in [1.82, 2.24) is 4.90 Å². The second-order valence-electron chi connectivity index (χ2n) is 7.40. The van der Waals surface area contributed by atoms with Crippen LogP contribution in [-0.2, 0) is 11.3 Å². The van der Waals surface area contributed by atoms with E-state index in [2.05, 4.69) is 17.0 Å². The molecule has 0 spiro atoms. The van der Waals surface area contributed by atoms with Gasteiger partial charge < -0.3 is 0 Å². The summed E-state index contributed by atoms with van der Waals surface area (Å²) < 4.78 is 0. The van der Waals surface area contributed by atoms with Crippen molar-refractivity contribution in [3.63, 3.8) is 0 Å². The lowest BCUT2D eigenvalue weighted by Crippen LogP contribution is -2.37. The summed E-state index contributed by atoms with van der Waals surface area (Å²) in [6, 6.07) is 25.4.